The van der Waals surface area contributed by atoms with Crippen molar-refractivity contribution in [3.8, 4) is 0 Å². The molecule has 0 amide bonds. The highest BCUT2D eigenvalue weighted by molar-refractivity contribution is 5.91. The normalized spacial score (nSPS) is 23.7. The van der Waals surface area contributed by atoms with Crippen LogP contribution in [0.1, 0.15) is 31.1 Å². The zero-order chi connectivity index (χ0) is 13.4. The summed E-state index contributed by atoms with van der Waals surface area (Å²) in [4.78, 5) is 12.0. The zero-order valence-corrected chi connectivity index (χ0v) is 11.1. The number of benzene rings is 1. The number of carbonyl (C=O) groups excluding carboxylic acids is 1. The third-order valence-corrected chi connectivity index (χ3v) is 3.62. The van der Waals surface area contributed by atoms with Gasteiger partial charge in [-0.25, -0.2) is 4.79 Å². The Balaban J connectivity index is 1.98. The molecule has 2 atom stereocenters. The third-order valence-electron chi connectivity index (χ3n) is 3.62. The molecule has 0 radical (unpaired) electrons. The first-order valence-corrected chi connectivity index (χ1v) is 6.54. The average Bonchev–Trinajstić information content (AvgIpc) is 2.75. The molecular formula is C16H16O3. The molecule has 0 spiro atoms. The van der Waals surface area contributed by atoms with Gasteiger partial charge in [-0.15, -0.1) is 0 Å². The monoisotopic (exact) mass is 256 g/mol. The van der Waals surface area contributed by atoms with Crippen molar-refractivity contribution in [2.75, 3.05) is 6.61 Å². The number of ether oxygens (including phenoxy) is 2. The van der Waals surface area contributed by atoms with Crippen LogP contribution < -0.4 is 0 Å². The molecule has 0 fully saturated rings. The molecule has 3 nitrogen and oxygen atoms in total. The Bertz CT molecular complexity index is 583. The molecule has 1 aliphatic heterocycles. The molecule has 2 aliphatic rings. The Morgan fingerprint density at radius 1 is 1.37 bits per heavy atom. The molecule has 0 saturated carbocycles. The molecule has 0 N–H and O–H groups in total. The Morgan fingerprint density at radius 3 is 2.95 bits per heavy atom. The Morgan fingerprint density at radius 2 is 2.16 bits per heavy atom. The maximum absolute atomic E-state index is 12.0. The Hall–Kier alpha value is -2.03. The van der Waals surface area contributed by atoms with E-state index in [0.29, 0.717) is 17.9 Å². The van der Waals surface area contributed by atoms with Gasteiger partial charge >= 0.3 is 5.97 Å². The lowest BCUT2D eigenvalue weighted by molar-refractivity contribution is -0.139. The van der Waals surface area contributed by atoms with Crippen molar-refractivity contribution in [2.45, 2.75) is 20.0 Å². The average molecular weight is 256 g/mol. The second-order valence-electron chi connectivity index (χ2n) is 4.74. The summed E-state index contributed by atoms with van der Waals surface area (Å²) in [5.74, 6) is 0.375. The smallest absolute Gasteiger partial charge is 0.338 e. The Labute approximate surface area is 112 Å². The fraction of sp³-hybridized carbons (Fsp3) is 0.312. The van der Waals surface area contributed by atoms with Gasteiger partial charge in [0.15, 0.2) is 0 Å². The van der Waals surface area contributed by atoms with Crippen molar-refractivity contribution in [1.82, 2.24) is 0 Å². The first-order valence-electron chi connectivity index (χ1n) is 6.54. The number of hydrogen-bond donors (Lipinski definition) is 0. The molecule has 1 aromatic rings. The van der Waals surface area contributed by atoms with Crippen LogP contribution in [0.15, 0.2) is 41.7 Å². The fourth-order valence-corrected chi connectivity index (χ4v) is 2.79. The molecule has 0 aromatic heterocycles. The van der Waals surface area contributed by atoms with Gasteiger partial charge in [-0.05, 0) is 19.4 Å². The molecule has 1 aliphatic carbocycles. The minimum atomic E-state index is -0.267. The van der Waals surface area contributed by atoms with Gasteiger partial charge in [-0.3, -0.25) is 0 Å². The van der Waals surface area contributed by atoms with Crippen molar-refractivity contribution in [3.05, 3.63) is 52.8 Å². The van der Waals surface area contributed by atoms with E-state index >= 15 is 0 Å². The maximum atomic E-state index is 12.0. The van der Waals surface area contributed by atoms with E-state index in [4.69, 9.17) is 9.47 Å². The van der Waals surface area contributed by atoms with Crippen LogP contribution in [0.5, 0.6) is 0 Å². The summed E-state index contributed by atoms with van der Waals surface area (Å²) < 4.78 is 11.0. The number of rotatable bonds is 2. The predicted molar refractivity (Wildman–Crippen MR) is 72.1 cm³/mol. The largest absolute Gasteiger partial charge is 0.489 e. The van der Waals surface area contributed by atoms with Crippen molar-refractivity contribution in [3.63, 3.8) is 0 Å². The van der Waals surface area contributed by atoms with Crippen LogP contribution in [0.3, 0.4) is 0 Å². The molecule has 0 saturated heterocycles. The quantitative estimate of drug-likeness (QED) is 0.762. The lowest BCUT2D eigenvalue weighted by atomic mass is 9.83. The van der Waals surface area contributed by atoms with Crippen LogP contribution in [0.2, 0.25) is 0 Å². The van der Waals surface area contributed by atoms with Crippen LogP contribution in [-0.4, -0.2) is 12.6 Å². The summed E-state index contributed by atoms with van der Waals surface area (Å²) in [6.45, 7) is 4.03. The lowest BCUT2D eigenvalue weighted by Gasteiger charge is -2.24. The summed E-state index contributed by atoms with van der Waals surface area (Å²) in [5.41, 5.74) is 2.94. The van der Waals surface area contributed by atoms with E-state index in [-0.39, 0.29) is 18.0 Å². The molecular weight excluding hydrogens is 240 g/mol. The number of fused-ring (bicyclic) bond motifs is 3. The molecule has 19 heavy (non-hydrogen) atoms. The van der Waals surface area contributed by atoms with Gasteiger partial charge in [0.1, 0.15) is 11.9 Å². The van der Waals surface area contributed by atoms with E-state index < -0.39 is 0 Å². The molecule has 3 heteroatoms. The van der Waals surface area contributed by atoms with E-state index in [0.717, 1.165) is 11.1 Å². The van der Waals surface area contributed by atoms with Crippen LogP contribution in [0.25, 0.3) is 6.08 Å². The topological polar surface area (TPSA) is 35.5 Å². The summed E-state index contributed by atoms with van der Waals surface area (Å²) in [6.07, 6.45) is 3.99. The first kappa shape index (κ1) is 12.0. The molecule has 1 heterocycles. The second-order valence-corrected chi connectivity index (χ2v) is 4.74. The molecule has 98 valence electrons. The van der Waals surface area contributed by atoms with E-state index in [1.165, 1.54) is 0 Å². The fourth-order valence-electron chi connectivity index (χ4n) is 2.79. The van der Waals surface area contributed by atoms with E-state index in [9.17, 15) is 4.79 Å². The van der Waals surface area contributed by atoms with Gasteiger partial charge in [-0.1, -0.05) is 36.4 Å². The van der Waals surface area contributed by atoms with Gasteiger partial charge in [0, 0.05) is 5.56 Å². The predicted octanol–water partition coefficient (Wildman–Crippen LogP) is 3.24. The highest BCUT2D eigenvalue weighted by Gasteiger charge is 2.41. The van der Waals surface area contributed by atoms with Crippen molar-refractivity contribution in [2.24, 2.45) is 5.92 Å². The second kappa shape index (κ2) is 4.57. The van der Waals surface area contributed by atoms with Crippen LogP contribution in [0.4, 0.5) is 0 Å². The maximum Gasteiger partial charge on any atom is 0.338 e. The van der Waals surface area contributed by atoms with Gasteiger partial charge < -0.3 is 9.47 Å². The van der Waals surface area contributed by atoms with E-state index in [2.05, 4.69) is 18.2 Å². The number of hydrogen-bond acceptors (Lipinski definition) is 3. The lowest BCUT2D eigenvalue weighted by Crippen LogP contribution is -2.18. The van der Waals surface area contributed by atoms with Crippen LogP contribution >= 0.6 is 0 Å². The third kappa shape index (κ3) is 1.86. The highest BCUT2D eigenvalue weighted by Crippen LogP contribution is 2.46. The minimum absolute atomic E-state index is 0.0334. The van der Waals surface area contributed by atoms with E-state index in [1.54, 1.807) is 0 Å². The number of esters is 1. The molecule has 1 aromatic carbocycles. The van der Waals surface area contributed by atoms with Crippen molar-refractivity contribution in [1.29, 1.82) is 0 Å². The first-order chi connectivity index (χ1) is 9.22. The van der Waals surface area contributed by atoms with Gasteiger partial charge in [-0.2, -0.15) is 0 Å². The van der Waals surface area contributed by atoms with Gasteiger partial charge in [0.05, 0.1) is 18.1 Å². The van der Waals surface area contributed by atoms with Crippen LogP contribution in [0, 0.1) is 5.92 Å². The zero-order valence-electron chi connectivity index (χ0n) is 11.1. The van der Waals surface area contributed by atoms with Crippen LogP contribution in [-0.2, 0) is 14.3 Å². The molecule has 0 unspecified atom stereocenters. The highest BCUT2D eigenvalue weighted by atomic mass is 16.5. The van der Waals surface area contributed by atoms with Gasteiger partial charge in [0.25, 0.3) is 0 Å². The number of carbonyl (C=O) groups is 1. The summed E-state index contributed by atoms with van der Waals surface area (Å²) in [7, 11) is 0. The SMILES string of the molecule is CCOC(=O)C1=C(C)O[C@H]2c3ccccc3C=C[C@@H]12. The molecule has 0 bridgehead atoms. The summed E-state index contributed by atoms with van der Waals surface area (Å²) >= 11 is 0. The minimum Gasteiger partial charge on any atom is -0.489 e. The Kier molecular flexibility index (Phi) is 2.90. The standard InChI is InChI=1S/C16H16O3/c1-3-18-16(17)14-10(2)19-15-12-7-5-4-6-11(12)8-9-13(14)15/h4-9,13,15H,3H2,1-2H3/t13-,15-/m0/s1. The number of allylic oxidation sites excluding steroid dienone is 1. The summed E-state index contributed by atoms with van der Waals surface area (Å²) in [5, 5.41) is 0. The van der Waals surface area contributed by atoms with Crippen molar-refractivity contribution >= 4 is 12.0 Å². The molecule has 3 rings (SSSR count). The van der Waals surface area contributed by atoms with Gasteiger partial charge in [0.2, 0.25) is 0 Å². The summed E-state index contributed by atoms with van der Waals surface area (Å²) in [6, 6.07) is 8.11. The van der Waals surface area contributed by atoms with E-state index in [1.807, 2.05) is 32.1 Å². The van der Waals surface area contributed by atoms with Crippen molar-refractivity contribution < 1.29 is 14.3 Å².